The molecule has 0 heterocycles. The van der Waals surface area contributed by atoms with Crippen LogP contribution < -0.4 is 0 Å². The van der Waals surface area contributed by atoms with E-state index in [-0.39, 0.29) is 0 Å². The van der Waals surface area contributed by atoms with Crippen LogP contribution >= 0.6 is 11.6 Å². The number of nitrogens with zero attached hydrogens (tertiary/aromatic N) is 2. The molecule has 178 valence electrons. The van der Waals surface area contributed by atoms with Crippen LogP contribution in [0.1, 0.15) is 83.3 Å². The summed E-state index contributed by atoms with van der Waals surface area (Å²) in [5, 5.41) is 11.4. The Balaban J connectivity index is 1.82. The molecule has 33 heavy (non-hydrogen) atoms. The fourth-order valence-corrected chi connectivity index (χ4v) is 6.25. The van der Waals surface area contributed by atoms with E-state index in [0.29, 0.717) is 18.0 Å². The normalized spacial score (nSPS) is 17.6. The minimum absolute atomic E-state index is 0.394. The molecule has 0 radical (unpaired) electrons. The molecule has 2 unspecified atom stereocenters. The van der Waals surface area contributed by atoms with Crippen molar-refractivity contribution in [1.29, 1.82) is 5.26 Å². The summed E-state index contributed by atoms with van der Waals surface area (Å²) in [5.41, 5.74) is 1.95. The Hall–Kier alpha value is -1.82. The molecule has 1 aliphatic rings. The van der Waals surface area contributed by atoms with Crippen LogP contribution in [0.25, 0.3) is 0 Å². The lowest BCUT2D eigenvalue weighted by atomic mass is 9.63. The SMILES string of the molecule is CCC(CCC(C#N)(c1ccccc1Cl)C1CCCCC1)N(CCc1ccccc1)C(C)C. The molecule has 0 saturated heterocycles. The first-order valence-electron chi connectivity index (χ1n) is 13.0. The van der Waals surface area contributed by atoms with Crippen molar-refractivity contribution >= 4 is 11.6 Å². The average molecular weight is 465 g/mol. The molecule has 3 heteroatoms. The Morgan fingerprint density at radius 1 is 1.03 bits per heavy atom. The maximum Gasteiger partial charge on any atom is 0.0865 e. The fraction of sp³-hybridized carbons (Fsp3) is 0.567. The lowest BCUT2D eigenvalue weighted by Gasteiger charge is -2.41. The lowest BCUT2D eigenvalue weighted by molar-refractivity contribution is 0.128. The molecular weight excluding hydrogens is 424 g/mol. The minimum atomic E-state index is -0.492. The van der Waals surface area contributed by atoms with E-state index in [9.17, 15) is 5.26 Å². The van der Waals surface area contributed by atoms with E-state index in [1.807, 2.05) is 18.2 Å². The lowest BCUT2D eigenvalue weighted by Crippen LogP contribution is -2.43. The molecule has 0 amide bonds. The van der Waals surface area contributed by atoms with Crippen LogP contribution in [0.5, 0.6) is 0 Å². The van der Waals surface area contributed by atoms with Crippen LogP contribution in [-0.2, 0) is 11.8 Å². The van der Waals surface area contributed by atoms with Gasteiger partial charge in [-0.1, -0.05) is 86.3 Å². The molecule has 0 aromatic heterocycles. The number of halogens is 1. The standard InChI is InChI=1S/C30H41ClN2/c1-4-27(33(24(2)3)22-20-25-13-7-5-8-14-25)19-21-30(23-32,26-15-9-6-10-16-26)28-17-11-12-18-29(28)31/h5,7-8,11-14,17-18,24,26-27H,4,6,9-10,15-16,19-22H2,1-3H3. The second-order valence-electron chi connectivity index (χ2n) is 10.1. The monoisotopic (exact) mass is 464 g/mol. The number of nitriles is 1. The molecule has 1 fully saturated rings. The van der Waals surface area contributed by atoms with E-state index >= 15 is 0 Å². The second-order valence-corrected chi connectivity index (χ2v) is 10.5. The molecule has 3 rings (SSSR count). The van der Waals surface area contributed by atoms with Gasteiger partial charge in [0.15, 0.2) is 0 Å². The van der Waals surface area contributed by atoms with Crippen LogP contribution in [0.4, 0.5) is 0 Å². The van der Waals surface area contributed by atoms with E-state index in [1.165, 1.54) is 24.8 Å². The topological polar surface area (TPSA) is 27.0 Å². The Bertz CT molecular complexity index is 882. The Kier molecular flexibility index (Phi) is 9.84. The highest BCUT2D eigenvalue weighted by Gasteiger charge is 2.42. The van der Waals surface area contributed by atoms with Crippen molar-refractivity contribution in [3.8, 4) is 6.07 Å². The van der Waals surface area contributed by atoms with Gasteiger partial charge in [0.05, 0.1) is 11.5 Å². The summed E-state index contributed by atoms with van der Waals surface area (Å²) < 4.78 is 0. The molecule has 2 atom stereocenters. The summed E-state index contributed by atoms with van der Waals surface area (Å²) in [6.07, 6.45) is 10.1. The zero-order valence-electron chi connectivity index (χ0n) is 20.8. The summed E-state index contributed by atoms with van der Waals surface area (Å²) in [6, 6.07) is 22.7. The van der Waals surface area contributed by atoms with Gasteiger partial charge < -0.3 is 0 Å². The highest BCUT2D eigenvalue weighted by Crippen LogP contribution is 2.46. The van der Waals surface area contributed by atoms with Crippen molar-refractivity contribution in [2.75, 3.05) is 6.54 Å². The maximum atomic E-state index is 10.7. The molecule has 2 aromatic rings. The fourth-order valence-electron chi connectivity index (χ4n) is 5.95. The quantitative estimate of drug-likeness (QED) is 0.335. The van der Waals surface area contributed by atoms with Gasteiger partial charge in [0.2, 0.25) is 0 Å². The Morgan fingerprint density at radius 2 is 1.70 bits per heavy atom. The van der Waals surface area contributed by atoms with Crippen molar-refractivity contribution in [3.63, 3.8) is 0 Å². The van der Waals surface area contributed by atoms with Crippen molar-refractivity contribution in [3.05, 3.63) is 70.7 Å². The number of hydrogen-bond donors (Lipinski definition) is 0. The van der Waals surface area contributed by atoms with E-state index in [2.05, 4.69) is 68.1 Å². The van der Waals surface area contributed by atoms with E-state index in [0.717, 1.165) is 55.7 Å². The van der Waals surface area contributed by atoms with Crippen molar-refractivity contribution in [2.24, 2.45) is 5.92 Å². The molecule has 0 bridgehead atoms. The third kappa shape index (κ3) is 6.40. The largest absolute Gasteiger partial charge is 0.298 e. The molecule has 1 aliphatic carbocycles. The van der Waals surface area contributed by atoms with Crippen LogP contribution in [-0.4, -0.2) is 23.5 Å². The molecule has 0 aliphatic heterocycles. The number of hydrogen-bond acceptors (Lipinski definition) is 2. The van der Waals surface area contributed by atoms with Crippen LogP contribution in [0.15, 0.2) is 54.6 Å². The Morgan fingerprint density at radius 3 is 2.30 bits per heavy atom. The number of rotatable bonds is 11. The van der Waals surface area contributed by atoms with Crippen LogP contribution in [0.2, 0.25) is 5.02 Å². The van der Waals surface area contributed by atoms with Crippen molar-refractivity contribution in [2.45, 2.75) is 96.1 Å². The first-order valence-corrected chi connectivity index (χ1v) is 13.4. The predicted octanol–water partition coefficient (Wildman–Crippen LogP) is 8.19. The highest BCUT2D eigenvalue weighted by atomic mass is 35.5. The molecule has 1 saturated carbocycles. The van der Waals surface area contributed by atoms with E-state index in [4.69, 9.17) is 11.6 Å². The van der Waals surface area contributed by atoms with E-state index < -0.39 is 5.41 Å². The molecular formula is C30H41ClN2. The van der Waals surface area contributed by atoms with E-state index in [1.54, 1.807) is 0 Å². The molecule has 2 nitrogen and oxygen atoms in total. The predicted molar refractivity (Wildman–Crippen MR) is 141 cm³/mol. The van der Waals surface area contributed by atoms with Gasteiger partial charge in [-0.05, 0) is 75.5 Å². The number of benzene rings is 2. The molecule has 0 N–H and O–H groups in total. The summed E-state index contributed by atoms with van der Waals surface area (Å²) >= 11 is 6.72. The second kappa shape index (κ2) is 12.6. The van der Waals surface area contributed by atoms with Gasteiger partial charge in [-0.3, -0.25) is 4.90 Å². The zero-order chi connectivity index (χ0) is 23.7. The van der Waals surface area contributed by atoms with Gasteiger partial charge in [0.1, 0.15) is 0 Å². The van der Waals surface area contributed by atoms with Gasteiger partial charge in [0, 0.05) is 23.7 Å². The maximum absolute atomic E-state index is 10.7. The van der Waals surface area contributed by atoms with Gasteiger partial charge in [-0.15, -0.1) is 0 Å². The third-order valence-corrected chi connectivity index (χ3v) is 8.16. The van der Waals surface area contributed by atoms with Gasteiger partial charge in [-0.25, -0.2) is 0 Å². The highest BCUT2D eigenvalue weighted by molar-refractivity contribution is 6.31. The first kappa shape index (κ1) is 25.8. The summed E-state index contributed by atoms with van der Waals surface area (Å²) in [7, 11) is 0. The van der Waals surface area contributed by atoms with Gasteiger partial charge in [-0.2, -0.15) is 5.26 Å². The van der Waals surface area contributed by atoms with Crippen molar-refractivity contribution < 1.29 is 0 Å². The molecule has 0 spiro atoms. The summed E-state index contributed by atoms with van der Waals surface area (Å²) in [4.78, 5) is 2.66. The minimum Gasteiger partial charge on any atom is -0.298 e. The van der Waals surface area contributed by atoms with Crippen LogP contribution in [0, 0.1) is 17.2 Å². The Labute approximate surface area is 207 Å². The smallest absolute Gasteiger partial charge is 0.0865 e. The van der Waals surface area contributed by atoms with Gasteiger partial charge >= 0.3 is 0 Å². The van der Waals surface area contributed by atoms with Gasteiger partial charge in [0.25, 0.3) is 0 Å². The van der Waals surface area contributed by atoms with Crippen molar-refractivity contribution in [1.82, 2.24) is 4.90 Å². The average Bonchev–Trinajstić information content (AvgIpc) is 2.85. The third-order valence-electron chi connectivity index (χ3n) is 7.83. The molecule has 2 aromatic carbocycles. The summed E-state index contributed by atoms with van der Waals surface area (Å²) in [5.74, 6) is 0.394. The summed E-state index contributed by atoms with van der Waals surface area (Å²) in [6.45, 7) is 7.96. The van der Waals surface area contributed by atoms with Crippen LogP contribution in [0.3, 0.4) is 0 Å². The first-order chi connectivity index (χ1) is 16.0. The zero-order valence-corrected chi connectivity index (χ0v) is 21.5.